The highest BCUT2D eigenvalue weighted by Crippen LogP contribution is 2.26. The number of hydrogen-bond donors (Lipinski definition) is 2. The van der Waals surface area contributed by atoms with E-state index in [9.17, 15) is 4.79 Å². The Morgan fingerprint density at radius 3 is 2.89 bits per heavy atom. The molecule has 1 aromatic heterocycles. The lowest BCUT2D eigenvalue weighted by Crippen LogP contribution is -2.32. The Morgan fingerprint density at radius 1 is 1.58 bits per heavy atom. The maximum atomic E-state index is 12.4. The van der Waals surface area contributed by atoms with Gasteiger partial charge in [-0.05, 0) is 40.8 Å². The van der Waals surface area contributed by atoms with Gasteiger partial charge in [0, 0.05) is 24.3 Å². The Labute approximate surface area is 121 Å². The van der Waals surface area contributed by atoms with E-state index < -0.39 is 0 Å². The summed E-state index contributed by atoms with van der Waals surface area (Å²) >= 11 is 3.33. The lowest BCUT2D eigenvalue weighted by molar-refractivity contribution is 0.0774. The molecule has 1 heterocycles. The molecule has 0 bridgehead atoms. The van der Waals surface area contributed by atoms with Crippen molar-refractivity contribution in [1.29, 1.82) is 0 Å². The van der Waals surface area contributed by atoms with Gasteiger partial charge in [-0.25, -0.2) is 10.8 Å². The Kier molecular flexibility index (Phi) is 4.76. The van der Waals surface area contributed by atoms with Gasteiger partial charge < -0.3 is 10.3 Å². The Morgan fingerprint density at radius 2 is 2.26 bits per heavy atom. The highest BCUT2D eigenvalue weighted by atomic mass is 79.9. The molecule has 1 aliphatic rings. The second kappa shape index (κ2) is 6.34. The summed E-state index contributed by atoms with van der Waals surface area (Å²) < 4.78 is 0.768. The lowest BCUT2D eigenvalue weighted by Gasteiger charge is -2.22. The average molecular weight is 327 g/mol. The SMILES string of the molecule is CN(CC1CCCC1)C(=O)c1cc(Br)cnc1NN. The second-order valence-corrected chi connectivity index (χ2v) is 5.95. The van der Waals surface area contributed by atoms with Crippen LogP contribution in [0, 0.1) is 5.92 Å². The molecule has 0 radical (unpaired) electrons. The van der Waals surface area contributed by atoms with Crippen LogP contribution in [0.1, 0.15) is 36.0 Å². The van der Waals surface area contributed by atoms with Crippen molar-refractivity contribution in [3.63, 3.8) is 0 Å². The maximum absolute atomic E-state index is 12.4. The molecule has 0 saturated heterocycles. The van der Waals surface area contributed by atoms with E-state index in [2.05, 4.69) is 26.3 Å². The van der Waals surface area contributed by atoms with E-state index >= 15 is 0 Å². The third-order valence-electron chi connectivity index (χ3n) is 3.57. The molecular formula is C13H19BrN4O. The number of nitrogens with two attached hydrogens (primary N) is 1. The van der Waals surface area contributed by atoms with Crippen LogP contribution in [-0.4, -0.2) is 29.4 Å². The summed E-state index contributed by atoms with van der Waals surface area (Å²) in [6.45, 7) is 0.801. The molecule has 1 aliphatic carbocycles. The number of rotatable bonds is 4. The van der Waals surface area contributed by atoms with Crippen molar-refractivity contribution in [1.82, 2.24) is 9.88 Å². The first-order valence-electron chi connectivity index (χ1n) is 6.49. The van der Waals surface area contributed by atoms with Gasteiger partial charge in [0.2, 0.25) is 0 Å². The van der Waals surface area contributed by atoms with Crippen LogP contribution in [0.15, 0.2) is 16.7 Å². The predicted molar refractivity (Wildman–Crippen MR) is 78.7 cm³/mol. The number of hydrogen-bond acceptors (Lipinski definition) is 4. The van der Waals surface area contributed by atoms with E-state index in [0.29, 0.717) is 17.3 Å². The number of nitrogen functional groups attached to an aromatic ring is 1. The topological polar surface area (TPSA) is 71.2 Å². The highest BCUT2D eigenvalue weighted by molar-refractivity contribution is 9.10. The number of pyridine rings is 1. The summed E-state index contributed by atoms with van der Waals surface area (Å²) in [5.41, 5.74) is 2.97. The normalized spacial score (nSPS) is 15.5. The number of carbonyl (C=O) groups excluding carboxylic acids is 1. The molecule has 1 aromatic rings. The fourth-order valence-electron chi connectivity index (χ4n) is 2.59. The third kappa shape index (κ3) is 3.45. The summed E-state index contributed by atoms with van der Waals surface area (Å²) in [5, 5.41) is 0. The van der Waals surface area contributed by atoms with E-state index in [0.717, 1.165) is 11.0 Å². The first kappa shape index (κ1) is 14.3. The summed E-state index contributed by atoms with van der Waals surface area (Å²) in [6.07, 6.45) is 6.61. The number of anilines is 1. The van der Waals surface area contributed by atoms with Crippen molar-refractivity contribution in [2.45, 2.75) is 25.7 Å². The Hall–Kier alpha value is -1.14. The Bertz CT molecular complexity index is 460. The minimum absolute atomic E-state index is 0.0475. The summed E-state index contributed by atoms with van der Waals surface area (Å²) in [6, 6.07) is 1.75. The van der Waals surface area contributed by atoms with Crippen LogP contribution >= 0.6 is 15.9 Å². The largest absolute Gasteiger partial charge is 0.341 e. The number of nitrogens with zero attached hydrogens (tertiary/aromatic N) is 2. The van der Waals surface area contributed by atoms with Gasteiger partial charge in [-0.3, -0.25) is 4.79 Å². The molecule has 0 atom stereocenters. The molecule has 104 valence electrons. The van der Waals surface area contributed by atoms with Crippen LogP contribution in [0.4, 0.5) is 5.82 Å². The number of nitrogens with one attached hydrogen (secondary N) is 1. The van der Waals surface area contributed by atoms with Crippen molar-refractivity contribution < 1.29 is 4.79 Å². The minimum atomic E-state index is -0.0475. The van der Waals surface area contributed by atoms with E-state index in [1.165, 1.54) is 25.7 Å². The van der Waals surface area contributed by atoms with Gasteiger partial charge in [0.15, 0.2) is 5.82 Å². The van der Waals surface area contributed by atoms with Crippen molar-refractivity contribution >= 4 is 27.7 Å². The molecule has 0 unspecified atom stereocenters. The van der Waals surface area contributed by atoms with Crippen LogP contribution in [0.5, 0.6) is 0 Å². The van der Waals surface area contributed by atoms with Gasteiger partial charge >= 0.3 is 0 Å². The van der Waals surface area contributed by atoms with Crippen LogP contribution in [0.25, 0.3) is 0 Å². The molecule has 0 spiro atoms. The van der Waals surface area contributed by atoms with Crippen LogP contribution < -0.4 is 11.3 Å². The molecule has 0 aromatic carbocycles. The van der Waals surface area contributed by atoms with E-state index in [-0.39, 0.29) is 5.91 Å². The fourth-order valence-corrected chi connectivity index (χ4v) is 2.92. The quantitative estimate of drug-likeness (QED) is 0.658. The molecule has 1 fully saturated rings. The molecule has 19 heavy (non-hydrogen) atoms. The van der Waals surface area contributed by atoms with Crippen molar-refractivity contribution in [2.75, 3.05) is 19.0 Å². The molecule has 0 aliphatic heterocycles. The standard InChI is InChI=1S/C13H19BrN4O/c1-18(8-9-4-2-3-5-9)13(19)11-6-10(14)7-16-12(11)17-15/h6-7,9H,2-5,8,15H2,1H3,(H,16,17). The zero-order chi connectivity index (χ0) is 13.8. The zero-order valence-corrected chi connectivity index (χ0v) is 12.6. The monoisotopic (exact) mass is 326 g/mol. The number of halogens is 1. The molecule has 1 amide bonds. The highest BCUT2D eigenvalue weighted by Gasteiger charge is 2.22. The summed E-state index contributed by atoms with van der Waals surface area (Å²) in [4.78, 5) is 18.3. The van der Waals surface area contributed by atoms with Gasteiger partial charge in [-0.1, -0.05) is 12.8 Å². The lowest BCUT2D eigenvalue weighted by atomic mass is 10.1. The van der Waals surface area contributed by atoms with Crippen LogP contribution in [-0.2, 0) is 0 Å². The molecule has 3 N–H and O–H groups in total. The number of amides is 1. The third-order valence-corrected chi connectivity index (χ3v) is 4.01. The number of carbonyl (C=O) groups is 1. The number of hydrazine groups is 1. The maximum Gasteiger partial charge on any atom is 0.257 e. The van der Waals surface area contributed by atoms with E-state index in [4.69, 9.17) is 5.84 Å². The summed E-state index contributed by atoms with van der Waals surface area (Å²) in [5.74, 6) is 6.39. The molecule has 6 heteroatoms. The minimum Gasteiger partial charge on any atom is -0.341 e. The van der Waals surface area contributed by atoms with Crippen LogP contribution in [0.3, 0.4) is 0 Å². The van der Waals surface area contributed by atoms with E-state index in [1.807, 2.05) is 7.05 Å². The molecule has 2 rings (SSSR count). The van der Waals surface area contributed by atoms with Gasteiger partial charge in [0.1, 0.15) is 0 Å². The average Bonchev–Trinajstić information content (AvgIpc) is 2.90. The smallest absolute Gasteiger partial charge is 0.257 e. The fraction of sp³-hybridized carbons (Fsp3) is 0.538. The van der Waals surface area contributed by atoms with Gasteiger partial charge in [-0.2, -0.15) is 0 Å². The number of aromatic nitrogens is 1. The second-order valence-electron chi connectivity index (χ2n) is 5.03. The Balaban J connectivity index is 2.11. The van der Waals surface area contributed by atoms with Crippen molar-refractivity contribution in [3.8, 4) is 0 Å². The van der Waals surface area contributed by atoms with E-state index in [1.54, 1.807) is 17.2 Å². The molecule has 1 saturated carbocycles. The van der Waals surface area contributed by atoms with Crippen molar-refractivity contribution in [3.05, 3.63) is 22.3 Å². The van der Waals surface area contributed by atoms with Crippen molar-refractivity contribution in [2.24, 2.45) is 11.8 Å². The first-order chi connectivity index (χ1) is 9.11. The van der Waals surface area contributed by atoms with Gasteiger partial charge in [-0.15, -0.1) is 0 Å². The molecular weight excluding hydrogens is 308 g/mol. The zero-order valence-electron chi connectivity index (χ0n) is 11.0. The molecule has 5 nitrogen and oxygen atoms in total. The van der Waals surface area contributed by atoms with Gasteiger partial charge in [0.05, 0.1) is 5.56 Å². The summed E-state index contributed by atoms with van der Waals surface area (Å²) in [7, 11) is 1.84. The van der Waals surface area contributed by atoms with Gasteiger partial charge in [0.25, 0.3) is 5.91 Å². The van der Waals surface area contributed by atoms with Crippen LogP contribution in [0.2, 0.25) is 0 Å². The predicted octanol–water partition coefficient (Wildman–Crippen LogP) is 2.39. The first-order valence-corrected chi connectivity index (χ1v) is 7.28.